The first-order valence-corrected chi connectivity index (χ1v) is 8.01. The van der Waals surface area contributed by atoms with Gasteiger partial charge in [0.15, 0.2) is 0 Å². The van der Waals surface area contributed by atoms with Gasteiger partial charge in [-0.2, -0.15) is 0 Å². The lowest BCUT2D eigenvalue weighted by molar-refractivity contribution is 0.544. The Morgan fingerprint density at radius 2 is 1.89 bits per heavy atom. The van der Waals surface area contributed by atoms with Crippen LogP contribution in [0.2, 0.25) is 5.02 Å². The number of sulfonamides is 1. The van der Waals surface area contributed by atoms with Gasteiger partial charge in [-0.25, -0.2) is 13.1 Å². The molecule has 1 unspecified atom stereocenters. The minimum Gasteiger partial charge on any atom is -0.210 e. The third-order valence-electron chi connectivity index (χ3n) is 2.35. The molecule has 1 atom stereocenters. The molecule has 0 aliphatic rings. The van der Waals surface area contributed by atoms with Crippen LogP contribution in [0.25, 0.3) is 0 Å². The van der Waals surface area contributed by atoms with Crippen molar-refractivity contribution >= 4 is 33.2 Å². The molecule has 1 aromatic carbocycles. The fourth-order valence-corrected chi connectivity index (χ4v) is 3.66. The second kappa shape index (κ2) is 6.75. The lowest BCUT2D eigenvalue weighted by Gasteiger charge is -2.13. The van der Waals surface area contributed by atoms with E-state index in [0.29, 0.717) is 5.92 Å². The molecule has 102 valence electrons. The van der Waals surface area contributed by atoms with Crippen LogP contribution in [-0.4, -0.2) is 20.3 Å². The van der Waals surface area contributed by atoms with Gasteiger partial charge in [-0.3, -0.25) is 0 Å². The summed E-state index contributed by atoms with van der Waals surface area (Å²) < 4.78 is 26.5. The molecule has 0 aliphatic carbocycles. The Balaban J connectivity index is 2.69. The van der Waals surface area contributed by atoms with Crippen molar-refractivity contribution in [3.05, 3.63) is 29.3 Å². The van der Waals surface area contributed by atoms with Gasteiger partial charge in [-0.1, -0.05) is 37.6 Å². The predicted molar refractivity (Wildman–Crippen MR) is 75.7 cm³/mol. The van der Waals surface area contributed by atoms with Crippen LogP contribution in [0.1, 0.15) is 20.3 Å². The Kier molecular flexibility index (Phi) is 5.92. The van der Waals surface area contributed by atoms with E-state index in [1.54, 1.807) is 18.2 Å². The van der Waals surface area contributed by atoms with Crippen molar-refractivity contribution in [1.29, 1.82) is 0 Å². The van der Waals surface area contributed by atoms with E-state index in [9.17, 15) is 8.42 Å². The molecule has 0 heterocycles. The molecule has 0 amide bonds. The van der Waals surface area contributed by atoms with Crippen molar-refractivity contribution in [2.24, 2.45) is 5.92 Å². The monoisotopic (exact) mass is 309 g/mol. The molecule has 0 saturated heterocycles. The lowest BCUT2D eigenvalue weighted by Crippen LogP contribution is -2.30. The van der Waals surface area contributed by atoms with Crippen molar-refractivity contribution in [1.82, 2.24) is 4.72 Å². The zero-order chi connectivity index (χ0) is 13.8. The summed E-state index contributed by atoms with van der Waals surface area (Å²) in [5.41, 5.74) is 0. The van der Waals surface area contributed by atoms with E-state index in [4.69, 9.17) is 23.2 Å². The van der Waals surface area contributed by atoms with Crippen LogP contribution in [0.5, 0.6) is 0 Å². The standard InChI is InChI=1S/C12H17Cl2NO2S/c1-9(2)7-10(13)8-15-18(16,17)12-6-4-3-5-11(12)14/h3-6,9-10,15H,7-8H2,1-2H3. The molecule has 0 saturated carbocycles. The minimum atomic E-state index is -3.59. The minimum absolute atomic E-state index is 0.0834. The van der Waals surface area contributed by atoms with Crippen LogP contribution in [0, 0.1) is 5.92 Å². The third-order valence-corrected chi connectivity index (χ3v) is 4.60. The summed E-state index contributed by atoms with van der Waals surface area (Å²) in [4.78, 5) is 0.0834. The molecule has 0 radical (unpaired) electrons. The number of halogens is 2. The lowest BCUT2D eigenvalue weighted by atomic mass is 10.1. The van der Waals surface area contributed by atoms with Gasteiger partial charge in [0.05, 0.1) is 5.02 Å². The molecule has 0 aromatic heterocycles. The number of rotatable bonds is 6. The van der Waals surface area contributed by atoms with Crippen LogP contribution in [0.3, 0.4) is 0 Å². The van der Waals surface area contributed by atoms with Crippen molar-refractivity contribution in [3.8, 4) is 0 Å². The maximum atomic E-state index is 12.0. The van der Waals surface area contributed by atoms with Crippen LogP contribution in [0.15, 0.2) is 29.2 Å². The summed E-state index contributed by atoms with van der Waals surface area (Å²) in [7, 11) is -3.59. The number of alkyl halides is 1. The average molecular weight is 310 g/mol. The number of nitrogens with one attached hydrogen (secondary N) is 1. The summed E-state index contributed by atoms with van der Waals surface area (Å²) in [6.45, 7) is 4.28. The normalized spacial score (nSPS) is 13.8. The Hall–Kier alpha value is -0.290. The molecule has 0 spiro atoms. The highest BCUT2D eigenvalue weighted by Gasteiger charge is 2.18. The fraction of sp³-hybridized carbons (Fsp3) is 0.500. The highest BCUT2D eigenvalue weighted by molar-refractivity contribution is 7.89. The molecule has 0 aliphatic heterocycles. The maximum Gasteiger partial charge on any atom is 0.242 e. The second-order valence-corrected chi connectivity index (χ2v) is 7.27. The largest absolute Gasteiger partial charge is 0.242 e. The van der Waals surface area contributed by atoms with Gasteiger partial charge in [-0.05, 0) is 24.5 Å². The third kappa shape index (κ3) is 4.76. The van der Waals surface area contributed by atoms with Crippen molar-refractivity contribution in [2.75, 3.05) is 6.54 Å². The Morgan fingerprint density at radius 3 is 2.44 bits per heavy atom. The smallest absolute Gasteiger partial charge is 0.210 e. The van der Waals surface area contributed by atoms with E-state index in [1.807, 2.05) is 13.8 Å². The fourth-order valence-electron chi connectivity index (χ4n) is 1.54. The Bertz CT molecular complexity index is 489. The van der Waals surface area contributed by atoms with Gasteiger partial charge in [0.25, 0.3) is 0 Å². The molecule has 3 nitrogen and oxygen atoms in total. The first kappa shape index (κ1) is 15.8. The first-order chi connectivity index (χ1) is 8.33. The molecule has 1 rings (SSSR count). The van der Waals surface area contributed by atoms with E-state index < -0.39 is 10.0 Å². The molecule has 1 aromatic rings. The van der Waals surface area contributed by atoms with Gasteiger partial charge in [0, 0.05) is 11.9 Å². The molecule has 18 heavy (non-hydrogen) atoms. The van der Waals surface area contributed by atoms with E-state index >= 15 is 0 Å². The van der Waals surface area contributed by atoms with Crippen LogP contribution < -0.4 is 4.72 Å². The van der Waals surface area contributed by atoms with Crippen LogP contribution in [-0.2, 0) is 10.0 Å². The quantitative estimate of drug-likeness (QED) is 0.820. The molecule has 0 fully saturated rings. The summed E-state index contributed by atoms with van der Waals surface area (Å²) in [6, 6.07) is 6.33. The van der Waals surface area contributed by atoms with Gasteiger partial charge in [0.2, 0.25) is 10.0 Å². The highest BCUT2D eigenvalue weighted by Crippen LogP contribution is 2.20. The second-order valence-electron chi connectivity index (χ2n) is 4.51. The van der Waals surface area contributed by atoms with Gasteiger partial charge in [0.1, 0.15) is 4.90 Å². The zero-order valence-corrected chi connectivity index (χ0v) is 12.7. The molecular weight excluding hydrogens is 293 g/mol. The summed E-state index contributed by atoms with van der Waals surface area (Å²) in [5, 5.41) is -0.0118. The van der Waals surface area contributed by atoms with E-state index in [0.717, 1.165) is 6.42 Å². The number of benzene rings is 1. The maximum absolute atomic E-state index is 12.0. The molecular formula is C12H17Cl2NO2S. The average Bonchev–Trinajstić information content (AvgIpc) is 2.26. The molecule has 0 bridgehead atoms. The van der Waals surface area contributed by atoms with Crippen LogP contribution in [0.4, 0.5) is 0 Å². The first-order valence-electron chi connectivity index (χ1n) is 5.71. The predicted octanol–water partition coefficient (Wildman–Crippen LogP) is 3.27. The van der Waals surface area contributed by atoms with Gasteiger partial charge >= 0.3 is 0 Å². The SMILES string of the molecule is CC(C)CC(Cl)CNS(=O)(=O)c1ccccc1Cl. The molecule has 1 N–H and O–H groups in total. The highest BCUT2D eigenvalue weighted by atomic mass is 35.5. The Labute approximate surface area is 119 Å². The van der Waals surface area contributed by atoms with E-state index in [-0.39, 0.29) is 21.8 Å². The zero-order valence-electron chi connectivity index (χ0n) is 10.4. The number of hydrogen-bond donors (Lipinski definition) is 1. The van der Waals surface area contributed by atoms with Crippen molar-refractivity contribution in [2.45, 2.75) is 30.5 Å². The van der Waals surface area contributed by atoms with Crippen LogP contribution >= 0.6 is 23.2 Å². The molecule has 6 heteroatoms. The van der Waals surface area contributed by atoms with Crippen molar-refractivity contribution < 1.29 is 8.42 Å². The Morgan fingerprint density at radius 1 is 1.28 bits per heavy atom. The topological polar surface area (TPSA) is 46.2 Å². The van der Waals surface area contributed by atoms with Gasteiger partial charge < -0.3 is 0 Å². The summed E-state index contributed by atoms with van der Waals surface area (Å²) >= 11 is 11.9. The van der Waals surface area contributed by atoms with E-state index in [1.165, 1.54) is 6.07 Å². The van der Waals surface area contributed by atoms with E-state index in [2.05, 4.69) is 4.72 Å². The van der Waals surface area contributed by atoms with Crippen molar-refractivity contribution in [3.63, 3.8) is 0 Å². The summed E-state index contributed by atoms with van der Waals surface area (Å²) in [5.74, 6) is 0.428. The van der Waals surface area contributed by atoms with Gasteiger partial charge in [-0.15, -0.1) is 11.6 Å². The summed E-state index contributed by atoms with van der Waals surface area (Å²) in [6.07, 6.45) is 0.757. The number of hydrogen-bond acceptors (Lipinski definition) is 2.